The minimum absolute atomic E-state index is 0.0521. The number of imidazole rings is 1. The van der Waals surface area contributed by atoms with Crippen molar-refractivity contribution in [1.29, 1.82) is 0 Å². The highest BCUT2D eigenvalue weighted by molar-refractivity contribution is 7.15. The van der Waals surface area contributed by atoms with Crippen molar-refractivity contribution in [1.82, 2.24) is 14.7 Å². The number of nitrogens with one attached hydrogen (secondary N) is 1. The van der Waals surface area contributed by atoms with Crippen molar-refractivity contribution in [2.24, 2.45) is 0 Å². The summed E-state index contributed by atoms with van der Waals surface area (Å²) < 4.78 is 11.0. The molecule has 0 spiro atoms. The number of aromatic nitrogens is 2. The Morgan fingerprint density at radius 3 is 2.59 bits per heavy atom. The van der Waals surface area contributed by atoms with Crippen LogP contribution in [0.25, 0.3) is 22.1 Å². The van der Waals surface area contributed by atoms with Crippen LogP contribution in [-0.4, -0.2) is 25.3 Å². The molecule has 0 saturated carbocycles. The third-order valence-electron chi connectivity index (χ3n) is 4.88. The van der Waals surface area contributed by atoms with Crippen LogP contribution in [0.15, 0.2) is 76.1 Å². The molecule has 2 aromatic carbocycles. The third kappa shape index (κ3) is 4.50. The van der Waals surface area contributed by atoms with E-state index in [0.717, 1.165) is 16.6 Å². The number of amides is 1. The van der Waals surface area contributed by atoms with Gasteiger partial charge in [-0.25, -0.2) is 9.38 Å². The molecular formula is C23H14Cl3N3O4S. The van der Waals surface area contributed by atoms with Gasteiger partial charge in [-0.05, 0) is 48.0 Å². The van der Waals surface area contributed by atoms with Crippen molar-refractivity contribution in [3.8, 4) is 5.75 Å². The Morgan fingerprint density at radius 2 is 1.88 bits per heavy atom. The molecule has 0 fully saturated rings. The van der Waals surface area contributed by atoms with Gasteiger partial charge in [-0.3, -0.25) is 9.59 Å². The van der Waals surface area contributed by atoms with E-state index in [-0.39, 0.29) is 11.3 Å². The van der Waals surface area contributed by atoms with Crippen molar-refractivity contribution < 1.29 is 13.9 Å². The van der Waals surface area contributed by atoms with E-state index in [1.165, 1.54) is 23.7 Å². The van der Waals surface area contributed by atoms with Crippen LogP contribution in [0.3, 0.4) is 0 Å². The summed E-state index contributed by atoms with van der Waals surface area (Å²) in [6.07, 6.45) is 1.85. The van der Waals surface area contributed by atoms with Gasteiger partial charge in [-0.2, -0.15) is 0 Å². The number of hydrogen-bond acceptors (Lipinski definition) is 6. The molecule has 11 heteroatoms. The summed E-state index contributed by atoms with van der Waals surface area (Å²) in [7, 11) is 0. The largest absolute Gasteiger partial charge is 0.466 e. The fourth-order valence-electron chi connectivity index (χ4n) is 3.32. The van der Waals surface area contributed by atoms with Crippen molar-refractivity contribution in [2.75, 3.05) is 0 Å². The fraction of sp³-hybridized carbons (Fsp3) is 0.0870. The summed E-state index contributed by atoms with van der Waals surface area (Å²) in [4.78, 5) is 30.3. The molecule has 3 heterocycles. The maximum Gasteiger partial charge on any atom is 0.289 e. The molecule has 5 aromatic rings. The number of carbonyl (C=O) groups is 1. The second kappa shape index (κ2) is 8.96. The quantitative estimate of drug-likeness (QED) is 0.264. The van der Waals surface area contributed by atoms with Crippen LogP contribution >= 0.6 is 46.1 Å². The molecule has 0 aliphatic rings. The average molecular weight is 535 g/mol. The fourth-order valence-corrected chi connectivity index (χ4v) is 4.60. The topological polar surface area (TPSA) is 85.8 Å². The first kappa shape index (κ1) is 22.7. The lowest BCUT2D eigenvalue weighted by Crippen LogP contribution is -2.47. The van der Waals surface area contributed by atoms with Crippen LogP contribution in [0, 0.1) is 0 Å². The van der Waals surface area contributed by atoms with Gasteiger partial charge >= 0.3 is 0 Å². The van der Waals surface area contributed by atoms with E-state index in [2.05, 4.69) is 10.3 Å². The summed E-state index contributed by atoms with van der Waals surface area (Å²) in [6, 6.07) is 17.3. The first-order valence-electron chi connectivity index (χ1n) is 9.89. The van der Waals surface area contributed by atoms with E-state index in [1.807, 2.05) is 24.3 Å². The summed E-state index contributed by atoms with van der Waals surface area (Å²) >= 11 is 19.3. The molecule has 172 valence electrons. The van der Waals surface area contributed by atoms with E-state index in [0.29, 0.717) is 15.2 Å². The summed E-state index contributed by atoms with van der Waals surface area (Å²) in [6.45, 7) is 0. The number of rotatable bonds is 5. The van der Waals surface area contributed by atoms with Crippen LogP contribution in [0.4, 0.5) is 0 Å². The predicted octanol–water partition coefficient (Wildman–Crippen LogP) is 4.56. The zero-order valence-electron chi connectivity index (χ0n) is 17.1. The zero-order chi connectivity index (χ0) is 23.9. The van der Waals surface area contributed by atoms with Crippen LogP contribution in [0.5, 0.6) is 5.75 Å². The number of fused-ring (bicyclic) bond motifs is 3. The smallest absolute Gasteiger partial charge is 0.289 e. The summed E-state index contributed by atoms with van der Waals surface area (Å²) in [5, 5.41) is 2.49. The molecule has 3 aromatic heterocycles. The average Bonchev–Trinajstić information content (AvgIpc) is 3.52. The standard InChI is InChI=1S/C23H14Cl3N3O4S/c24-23(25,26)21(28-19(30)17-6-3-11-32-17)33-14-9-7-13(8-10-14)12-18-20(31)29-16-5-2-1-4-15(16)27-22(29)34-18/h1-12,21H,(H,28,30). The number of thiazole rings is 1. The van der Waals surface area contributed by atoms with Crippen LogP contribution in [-0.2, 0) is 0 Å². The van der Waals surface area contributed by atoms with Gasteiger partial charge in [0.15, 0.2) is 10.7 Å². The van der Waals surface area contributed by atoms with Gasteiger partial charge in [0.25, 0.3) is 11.5 Å². The lowest BCUT2D eigenvalue weighted by molar-refractivity contribution is 0.0805. The number of alkyl halides is 3. The van der Waals surface area contributed by atoms with E-state index in [4.69, 9.17) is 44.0 Å². The van der Waals surface area contributed by atoms with Crippen molar-refractivity contribution in [2.45, 2.75) is 10.0 Å². The van der Waals surface area contributed by atoms with E-state index < -0.39 is 15.9 Å². The molecule has 7 nitrogen and oxygen atoms in total. The Hall–Kier alpha value is -3.04. The van der Waals surface area contributed by atoms with Gasteiger partial charge in [0, 0.05) is 0 Å². The molecule has 0 bridgehead atoms. The summed E-state index contributed by atoms with van der Waals surface area (Å²) in [5.74, 6) is -0.191. The van der Waals surface area contributed by atoms with Crippen LogP contribution in [0.1, 0.15) is 16.1 Å². The number of halogens is 3. The minimum atomic E-state index is -1.95. The molecule has 0 radical (unpaired) electrons. The molecule has 1 unspecified atom stereocenters. The number of ether oxygens (including phenoxy) is 1. The van der Waals surface area contributed by atoms with Gasteiger partial charge in [0.05, 0.1) is 21.8 Å². The van der Waals surface area contributed by atoms with Gasteiger partial charge in [-0.15, -0.1) is 0 Å². The highest BCUT2D eigenvalue weighted by atomic mass is 35.6. The molecule has 1 N–H and O–H groups in total. The van der Waals surface area contributed by atoms with Crippen LogP contribution in [0.2, 0.25) is 0 Å². The molecule has 0 aliphatic carbocycles. The lowest BCUT2D eigenvalue weighted by Gasteiger charge is -2.26. The Kier molecular flexibility index (Phi) is 5.99. The normalized spacial score (nSPS) is 13.4. The highest BCUT2D eigenvalue weighted by Crippen LogP contribution is 2.32. The first-order valence-corrected chi connectivity index (χ1v) is 11.8. The van der Waals surface area contributed by atoms with Crippen LogP contribution < -0.4 is 20.1 Å². The van der Waals surface area contributed by atoms with Crippen molar-refractivity contribution in [3.05, 3.63) is 93.1 Å². The lowest BCUT2D eigenvalue weighted by atomic mass is 10.2. The monoisotopic (exact) mass is 533 g/mol. The summed E-state index contributed by atoms with van der Waals surface area (Å²) in [5.41, 5.74) is 2.19. The maximum atomic E-state index is 12.9. The molecule has 1 amide bonds. The third-order valence-corrected chi connectivity index (χ3v) is 6.44. The van der Waals surface area contributed by atoms with Gasteiger partial charge in [0.1, 0.15) is 5.75 Å². The van der Waals surface area contributed by atoms with E-state index in [1.54, 1.807) is 40.8 Å². The Morgan fingerprint density at radius 1 is 1.12 bits per heavy atom. The van der Waals surface area contributed by atoms with Gasteiger partial charge < -0.3 is 14.5 Å². The molecule has 34 heavy (non-hydrogen) atoms. The molecule has 0 saturated heterocycles. The van der Waals surface area contributed by atoms with Crippen molar-refractivity contribution in [3.63, 3.8) is 0 Å². The SMILES string of the molecule is O=C(NC(Oc1ccc(C=c2sc3nc4ccccc4n3c2=O)cc1)C(Cl)(Cl)Cl)c1ccco1. The maximum absolute atomic E-state index is 12.9. The van der Waals surface area contributed by atoms with Crippen molar-refractivity contribution >= 4 is 74.1 Å². The number of carbonyl (C=O) groups excluding carboxylic acids is 1. The zero-order valence-corrected chi connectivity index (χ0v) is 20.2. The number of para-hydroxylation sites is 2. The number of benzene rings is 2. The molecule has 0 aliphatic heterocycles. The Labute approximate surface area is 211 Å². The van der Waals surface area contributed by atoms with Gasteiger partial charge in [0.2, 0.25) is 10.0 Å². The van der Waals surface area contributed by atoms with Gasteiger partial charge in [-0.1, -0.05) is 70.4 Å². The highest BCUT2D eigenvalue weighted by Gasteiger charge is 2.36. The Bertz CT molecular complexity index is 1590. The predicted molar refractivity (Wildman–Crippen MR) is 133 cm³/mol. The second-order valence-corrected chi connectivity index (χ2v) is 10.6. The van der Waals surface area contributed by atoms with E-state index in [9.17, 15) is 9.59 Å². The second-order valence-electron chi connectivity index (χ2n) is 7.19. The molecule has 5 rings (SSSR count). The number of furan rings is 1. The number of hydrogen-bond donors (Lipinski definition) is 1. The molecule has 1 atom stereocenters. The molecular weight excluding hydrogens is 521 g/mol. The first-order chi connectivity index (χ1) is 16.3. The van der Waals surface area contributed by atoms with E-state index >= 15 is 0 Å². The Balaban J connectivity index is 1.38. The number of nitrogens with zero attached hydrogens (tertiary/aromatic N) is 2. The minimum Gasteiger partial charge on any atom is -0.466 e.